The fraction of sp³-hybridized carbons (Fsp3) is 0.636. The maximum Gasteiger partial charge on any atom is 0.306 e. The molecule has 0 spiro atoms. The molecule has 2 rings (SSSR count). The summed E-state index contributed by atoms with van der Waals surface area (Å²) in [5.74, 6) is -4.49. The normalized spacial score (nSPS) is 17.6. The van der Waals surface area contributed by atoms with E-state index in [1.54, 1.807) is 0 Å². The van der Waals surface area contributed by atoms with Gasteiger partial charge in [-0.2, -0.15) is 13.8 Å². The largest absolute Gasteiger partial charge is 0.383 e. The van der Waals surface area contributed by atoms with Crippen LogP contribution in [-0.4, -0.2) is 29.7 Å². The predicted molar refractivity (Wildman–Crippen MR) is 65.6 cm³/mol. The number of hydrogen-bond acceptors (Lipinski definition) is 5. The number of hydrogen-bond donors (Lipinski definition) is 3. The first kappa shape index (κ1) is 13.9. The molecule has 0 aromatic carbocycles. The lowest BCUT2D eigenvalue weighted by atomic mass is 9.89. The number of halogens is 3. The van der Waals surface area contributed by atoms with Crippen LogP contribution in [0.3, 0.4) is 0 Å². The lowest BCUT2D eigenvalue weighted by Crippen LogP contribution is -2.30. The Kier molecular flexibility index (Phi) is 3.79. The molecule has 0 unspecified atom stereocenters. The second-order valence-electron chi connectivity index (χ2n) is 4.59. The highest BCUT2D eigenvalue weighted by molar-refractivity contribution is 5.49. The van der Waals surface area contributed by atoms with E-state index in [2.05, 4.69) is 15.3 Å². The summed E-state index contributed by atoms with van der Waals surface area (Å²) in [7, 11) is 0. The van der Waals surface area contributed by atoms with Gasteiger partial charge in [-0.15, -0.1) is 0 Å². The van der Waals surface area contributed by atoms with Gasteiger partial charge in [0.15, 0.2) is 6.67 Å². The van der Waals surface area contributed by atoms with Crippen molar-refractivity contribution in [2.45, 2.75) is 24.7 Å². The number of piperidine rings is 1. The van der Waals surface area contributed by atoms with Crippen molar-refractivity contribution < 1.29 is 13.2 Å². The van der Waals surface area contributed by atoms with Crippen molar-refractivity contribution in [2.75, 3.05) is 31.2 Å². The number of nitrogens with zero attached hydrogens (tertiary/aromatic N) is 2. The predicted octanol–water partition coefficient (Wildman–Crippen LogP) is 1.17. The summed E-state index contributed by atoms with van der Waals surface area (Å²) in [5.41, 5.74) is 10.4. The number of nitrogens with one attached hydrogen (secondary N) is 1. The van der Waals surface area contributed by atoms with E-state index in [-0.39, 0.29) is 17.6 Å². The van der Waals surface area contributed by atoms with Crippen LogP contribution in [0, 0.1) is 0 Å². The third-order valence-corrected chi connectivity index (χ3v) is 3.24. The highest BCUT2D eigenvalue weighted by Gasteiger charge is 2.40. The van der Waals surface area contributed by atoms with Gasteiger partial charge in [0, 0.05) is 5.92 Å². The van der Waals surface area contributed by atoms with Crippen LogP contribution in [0.15, 0.2) is 0 Å². The van der Waals surface area contributed by atoms with E-state index < -0.39 is 24.0 Å². The van der Waals surface area contributed by atoms with Crippen LogP contribution < -0.4 is 16.8 Å². The molecule has 5 nitrogen and oxygen atoms in total. The van der Waals surface area contributed by atoms with Gasteiger partial charge in [-0.1, -0.05) is 0 Å². The van der Waals surface area contributed by atoms with Gasteiger partial charge in [-0.25, -0.2) is 9.37 Å². The van der Waals surface area contributed by atoms with Gasteiger partial charge in [-0.3, -0.25) is 0 Å². The van der Waals surface area contributed by atoms with Gasteiger partial charge < -0.3 is 16.8 Å². The molecular weight excluding hydrogens is 259 g/mol. The molecular formula is C11H16F3N5. The maximum atomic E-state index is 13.7. The highest BCUT2D eigenvalue weighted by atomic mass is 19.3. The number of nitrogen functional groups attached to an aromatic ring is 2. The van der Waals surface area contributed by atoms with Crippen molar-refractivity contribution in [2.24, 2.45) is 0 Å². The van der Waals surface area contributed by atoms with Crippen molar-refractivity contribution in [3.63, 3.8) is 0 Å². The summed E-state index contributed by atoms with van der Waals surface area (Å²) in [6.07, 6.45) is 1.26. The Morgan fingerprint density at radius 3 is 2.42 bits per heavy atom. The van der Waals surface area contributed by atoms with E-state index in [0.29, 0.717) is 25.9 Å². The van der Waals surface area contributed by atoms with Crippen molar-refractivity contribution in [3.05, 3.63) is 11.3 Å². The standard InChI is InChI=1S/C11H16F3N5/c12-5-11(13,14)7-8(6-1-3-17-4-2-6)18-10(16)19-9(7)15/h6,17H,1-5H2,(H4,15,16,18,19). The van der Waals surface area contributed by atoms with Gasteiger partial charge >= 0.3 is 5.92 Å². The molecule has 0 bridgehead atoms. The maximum absolute atomic E-state index is 13.7. The Bertz CT molecular complexity index is 460. The van der Waals surface area contributed by atoms with Crippen molar-refractivity contribution in [3.8, 4) is 0 Å². The second kappa shape index (κ2) is 5.20. The second-order valence-corrected chi connectivity index (χ2v) is 4.59. The Morgan fingerprint density at radius 1 is 1.21 bits per heavy atom. The summed E-state index contributed by atoms with van der Waals surface area (Å²) < 4.78 is 40.0. The fourth-order valence-electron chi connectivity index (χ4n) is 2.35. The van der Waals surface area contributed by atoms with Gasteiger partial charge in [0.05, 0.1) is 11.3 Å². The molecule has 0 atom stereocenters. The van der Waals surface area contributed by atoms with E-state index in [4.69, 9.17) is 11.5 Å². The number of anilines is 2. The van der Waals surface area contributed by atoms with Crippen LogP contribution in [0.1, 0.15) is 30.0 Å². The molecule has 1 aromatic rings. The average Bonchev–Trinajstić information content (AvgIpc) is 2.38. The molecule has 0 radical (unpaired) electrons. The quantitative estimate of drug-likeness (QED) is 0.770. The molecule has 1 aromatic heterocycles. The summed E-state index contributed by atoms with van der Waals surface area (Å²) in [6.45, 7) is -0.452. The molecule has 1 aliphatic heterocycles. The lowest BCUT2D eigenvalue weighted by molar-refractivity contribution is -0.0291. The SMILES string of the molecule is Nc1nc(N)c(C(F)(F)CF)c(C2CCNCC2)n1. The molecule has 106 valence electrons. The molecule has 0 saturated carbocycles. The van der Waals surface area contributed by atoms with E-state index in [1.807, 2.05) is 0 Å². The molecule has 5 N–H and O–H groups in total. The molecule has 1 saturated heterocycles. The smallest absolute Gasteiger partial charge is 0.306 e. The van der Waals surface area contributed by atoms with Crippen LogP contribution >= 0.6 is 0 Å². The summed E-state index contributed by atoms with van der Waals surface area (Å²) in [5, 5.41) is 3.12. The van der Waals surface area contributed by atoms with Gasteiger partial charge in [0.25, 0.3) is 0 Å². The van der Waals surface area contributed by atoms with Crippen molar-refractivity contribution in [1.29, 1.82) is 0 Å². The first-order valence-electron chi connectivity index (χ1n) is 6.03. The lowest BCUT2D eigenvalue weighted by Gasteiger charge is -2.26. The number of rotatable bonds is 3. The van der Waals surface area contributed by atoms with Crippen LogP contribution in [0.5, 0.6) is 0 Å². The number of alkyl halides is 3. The molecule has 1 fully saturated rings. The molecule has 0 amide bonds. The molecule has 1 aliphatic rings. The molecule has 2 heterocycles. The van der Waals surface area contributed by atoms with Crippen molar-refractivity contribution in [1.82, 2.24) is 15.3 Å². The zero-order valence-electron chi connectivity index (χ0n) is 10.3. The molecule has 0 aliphatic carbocycles. The summed E-state index contributed by atoms with van der Waals surface area (Å²) in [6, 6.07) is 0. The van der Waals surface area contributed by atoms with Crippen LogP contribution in [0.4, 0.5) is 24.9 Å². The van der Waals surface area contributed by atoms with E-state index in [9.17, 15) is 13.2 Å². The minimum absolute atomic E-state index is 0.0779. The Morgan fingerprint density at radius 2 is 1.84 bits per heavy atom. The van der Waals surface area contributed by atoms with E-state index in [1.165, 1.54) is 0 Å². The van der Waals surface area contributed by atoms with Crippen LogP contribution in [-0.2, 0) is 5.92 Å². The van der Waals surface area contributed by atoms with Gasteiger partial charge in [0.1, 0.15) is 5.82 Å². The van der Waals surface area contributed by atoms with E-state index >= 15 is 0 Å². The molecule has 8 heteroatoms. The fourth-order valence-corrected chi connectivity index (χ4v) is 2.35. The Labute approximate surface area is 108 Å². The minimum atomic E-state index is -3.68. The van der Waals surface area contributed by atoms with Crippen molar-refractivity contribution >= 4 is 11.8 Å². The minimum Gasteiger partial charge on any atom is -0.383 e. The third kappa shape index (κ3) is 2.73. The zero-order valence-corrected chi connectivity index (χ0v) is 10.3. The third-order valence-electron chi connectivity index (χ3n) is 3.24. The first-order chi connectivity index (χ1) is 8.95. The highest BCUT2D eigenvalue weighted by Crippen LogP contribution is 2.39. The van der Waals surface area contributed by atoms with Gasteiger partial charge in [-0.05, 0) is 25.9 Å². The average molecular weight is 275 g/mol. The topological polar surface area (TPSA) is 89.8 Å². The first-order valence-corrected chi connectivity index (χ1v) is 6.03. The summed E-state index contributed by atoms with van der Waals surface area (Å²) >= 11 is 0. The van der Waals surface area contributed by atoms with Crippen LogP contribution in [0.2, 0.25) is 0 Å². The van der Waals surface area contributed by atoms with E-state index in [0.717, 1.165) is 0 Å². The Balaban J connectivity index is 2.50. The Hall–Kier alpha value is -1.57. The number of aromatic nitrogens is 2. The van der Waals surface area contributed by atoms with Crippen LogP contribution in [0.25, 0.3) is 0 Å². The van der Waals surface area contributed by atoms with Gasteiger partial charge in [0.2, 0.25) is 5.95 Å². The zero-order chi connectivity index (χ0) is 14.0. The molecule has 19 heavy (non-hydrogen) atoms. The number of nitrogens with two attached hydrogens (primary N) is 2. The monoisotopic (exact) mass is 275 g/mol. The summed E-state index contributed by atoms with van der Waals surface area (Å²) in [4.78, 5) is 7.41.